The second kappa shape index (κ2) is 6.36. The molecule has 0 aromatic heterocycles. The number of nitrogens with zero attached hydrogens (tertiary/aromatic N) is 1. The highest BCUT2D eigenvalue weighted by atomic mass is 16.7. The summed E-state index contributed by atoms with van der Waals surface area (Å²) in [4.78, 5) is 25.2. The first-order valence-electron chi connectivity index (χ1n) is 7.79. The number of nitrogens with one attached hydrogen (secondary N) is 1. The largest absolute Gasteiger partial charge is 0.454 e. The van der Waals surface area contributed by atoms with E-state index in [1.54, 1.807) is 4.90 Å². The second-order valence-electron chi connectivity index (χ2n) is 5.95. The molecule has 0 saturated carbocycles. The number of hydrogen-bond donors (Lipinski definition) is 2. The molecule has 1 aromatic carbocycles. The van der Waals surface area contributed by atoms with Gasteiger partial charge in [-0.05, 0) is 37.5 Å². The van der Waals surface area contributed by atoms with Gasteiger partial charge in [-0.25, -0.2) is 4.79 Å². The summed E-state index contributed by atoms with van der Waals surface area (Å²) >= 11 is 0. The van der Waals surface area contributed by atoms with Crippen LogP contribution in [-0.4, -0.2) is 36.7 Å². The van der Waals surface area contributed by atoms with Gasteiger partial charge in [0.15, 0.2) is 11.5 Å². The molecule has 3 N–H and O–H groups in total. The van der Waals surface area contributed by atoms with Crippen LogP contribution >= 0.6 is 0 Å². The molecule has 1 atom stereocenters. The number of hydrogen-bond acceptors (Lipinski definition) is 4. The van der Waals surface area contributed by atoms with Crippen LogP contribution in [-0.2, 0) is 4.79 Å². The van der Waals surface area contributed by atoms with E-state index < -0.39 is 0 Å². The number of likely N-dealkylation sites (tertiary alicyclic amines) is 1. The highest BCUT2D eigenvalue weighted by Crippen LogP contribution is 2.34. The van der Waals surface area contributed by atoms with Gasteiger partial charge in [0.05, 0.1) is 6.04 Å². The molecule has 1 fully saturated rings. The average molecular weight is 319 g/mol. The third-order valence-corrected chi connectivity index (χ3v) is 4.42. The number of nitrogens with two attached hydrogens (primary N) is 1. The average Bonchev–Trinajstić information content (AvgIpc) is 3.02. The summed E-state index contributed by atoms with van der Waals surface area (Å²) in [7, 11) is 0. The lowest BCUT2D eigenvalue weighted by Gasteiger charge is -2.31. The van der Waals surface area contributed by atoms with Crippen LogP contribution in [0.3, 0.4) is 0 Å². The summed E-state index contributed by atoms with van der Waals surface area (Å²) in [6.07, 6.45) is 1.25. The molecular weight excluding hydrogens is 298 g/mol. The first-order valence-corrected chi connectivity index (χ1v) is 7.79. The lowest BCUT2D eigenvalue weighted by molar-refractivity contribution is -0.123. The lowest BCUT2D eigenvalue weighted by atomic mass is 9.96. The maximum atomic E-state index is 12.3. The summed E-state index contributed by atoms with van der Waals surface area (Å²) in [5.74, 6) is 1.02. The molecule has 1 aromatic rings. The molecule has 3 rings (SSSR count). The molecule has 0 radical (unpaired) electrons. The number of benzene rings is 1. The molecule has 2 aliphatic rings. The van der Waals surface area contributed by atoms with E-state index in [2.05, 4.69) is 5.32 Å². The van der Waals surface area contributed by atoms with Crippen molar-refractivity contribution >= 4 is 11.9 Å². The van der Waals surface area contributed by atoms with E-state index >= 15 is 0 Å². The number of ether oxygens (including phenoxy) is 2. The number of amides is 3. The van der Waals surface area contributed by atoms with Crippen LogP contribution in [0.5, 0.6) is 11.5 Å². The van der Waals surface area contributed by atoms with E-state index in [0.717, 1.165) is 11.3 Å². The Hall–Kier alpha value is -2.44. The Morgan fingerprint density at radius 1 is 1.26 bits per heavy atom. The van der Waals surface area contributed by atoms with Crippen LogP contribution in [0.4, 0.5) is 4.79 Å². The van der Waals surface area contributed by atoms with E-state index in [-0.39, 0.29) is 30.7 Å². The maximum Gasteiger partial charge on any atom is 0.317 e. The number of fused-ring (bicyclic) bond motifs is 1. The fourth-order valence-electron chi connectivity index (χ4n) is 2.91. The van der Waals surface area contributed by atoms with Gasteiger partial charge in [0.2, 0.25) is 12.7 Å². The first-order chi connectivity index (χ1) is 11.0. The molecule has 2 aliphatic heterocycles. The Kier molecular flexibility index (Phi) is 4.27. The quantitative estimate of drug-likeness (QED) is 0.880. The van der Waals surface area contributed by atoms with Crippen LogP contribution in [0.25, 0.3) is 0 Å². The van der Waals surface area contributed by atoms with Gasteiger partial charge in [-0.2, -0.15) is 0 Å². The number of rotatable bonds is 3. The van der Waals surface area contributed by atoms with Crippen molar-refractivity contribution in [3.63, 3.8) is 0 Å². The SMILES string of the molecule is C[C@H](NC(=O)N1CCC(C(N)=O)CC1)c1ccc2c(c1)OCO2. The van der Waals surface area contributed by atoms with Crippen LogP contribution < -0.4 is 20.5 Å². The van der Waals surface area contributed by atoms with Crippen LogP contribution in [0.2, 0.25) is 0 Å². The monoisotopic (exact) mass is 319 g/mol. The maximum absolute atomic E-state index is 12.3. The summed E-state index contributed by atoms with van der Waals surface area (Å²) in [6, 6.07) is 5.37. The number of urea groups is 1. The predicted octanol–water partition coefficient (Wildman–Crippen LogP) is 1.38. The molecule has 0 spiro atoms. The summed E-state index contributed by atoms with van der Waals surface area (Å²) in [5.41, 5.74) is 6.26. The molecule has 23 heavy (non-hydrogen) atoms. The minimum Gasteiger partial charge on any atom is -0.454 e. The minimum absolute atomic E-state index is 0.120. The molecule has 1 saturated heterocycles. The van der Waals surface area contributed by atoms with E-state index in [4.69, 9.17) is 15.2 Å². The minimum atomic E-state index is -0.279. The van der Waals surface area contributed by atoms with Crippen molar-refractivity contribution in [2.75, 3.05) is 19.9 Å². The molecule has 0 bridgehead atoms. The summed E-state index contributed by atoms with van der Waals surface area (Å²) in [5, 5.41) is 2.98. The normalized spacial score (nSPS) is 18.6. The first kappa shape index (κ1) is 15.5. The molecule has 0 aliphatic carbocycles. The van der Waals surface area contributed by atoms with Crippen molar-refractivity contribution in [2.24, 2.45) is 11.7 Å². The Morgan fingerprint density at radius 3 is 2.65 bits per heavy atom. The van der Waals surface area contributed by atoms with Gasteiger partial charge in [0, 0.05) is 19.0 Å². The predicted molar refractivity (Wildman–Crippen MR) is 83.0 cm³/mol. The Morgan fingerprint density at radius 2 is 1.96 bits per heavy atom. The fraction of sp³-hybridized carbons (Fsp3) is 0.500. The molecule has 7 heteroatoms. The van der Waals surface area contributed by atoms with Gasteiger partial charge in [-0.3, -0.25) is 4.79 Å². The molecule has 0 unspecified atom stereocenters. The third-order valence-electron chi connectivity index (χ3n) is 4.42. The molecule has 3 amide bonds. The Bertz CT molecular complexity index is 611. The van der Waals surface area contributed by atoms with Gasteiger partial charge in [-0.15, -0.1) is 0 Å². The van der Waals surface area contributed by atoms with Crippen LogP contribution in [0.1, 0.15) is 31.4 Å². The molecule has 7 nitrogen and oxygen atoms in total. The van der Waals surface area contributed by atoms with Crippen molar-refractivity contribution in [3.05, 3.63) is 23.8 Å². The van der Waals surface area contributed by atoms with Crippen molar-refractivity contribution < 1.29 is 19.1 Å². The zero-order valence-corrected chi connectivity index (χ0v) is 13.1. The second-order valence-corrected chi connectivity index (χ2v) is 5.95. The van der Waals surface area contributed by atoms with Gasteiger partial charge < -0.3 is 25.4 Å². The van der Waals surface area contributed by atoms with E-state index in [9.17, 15) is 9.59 Å². The van der Waals surface area contributed by atoms with Crippen LogP contribution in [0.15, 0.2) is 18.2 Å². The Balaban J connectivity index is 1.56. The summed E-state index contributed by atoms with van der Waals surface area (Å²) < 4.78 is 10.6. The molecular formula is C16H21N3O4. The zero-order valence-electron chi connectivity index (χ0n) is 13.1. The zero-order chi connectivity index (χ0) is 16.4. The lowest BCUT2D eigenvalue weighted by Crippen LogP contribution is -2.46. The number of piperidine rings is 1. The van der Waals surface area contributed by atoms with Crippen molar-refractivity contribution in [2.45, 2.75) is 25.8 Å². The number of carbonyl (C=O) groups excluding carboxylic acids is 2. The van der Waals surface area contributed by atoms with Gasteiger partial charge in [0.1, 0.15) is 0 Å². The van der Waals surface area contributed by atoms with E-state index in [1.807, 2.05) is 25.1 Å². The van der Waals surface area contributed by atoms with Gasteiger partial charge >= 0.3 is 6.03 Å². The van der Waals surface area contributed by atoms with Crippen molar-refractivity contribution in [1.82, 2.24) is 10.2 Å². The van der Waals surface area contributed by atoms with Crippen LogP contribution in [0, 0.1) is 5.92 Å². The third kappa shape index (κ3) is 3.33. The van der Waals surface area contributed by atoms with Gasteiger partial charge in [-0.1, -0.05) is 6.07 Å². The topological polar surface area (TPSA) is 93.9 Å². The molecule has 2 heterocycles. The van der Waals surface area contributed by atoms with Crippen molar-refractivity contribution in [1.29, 1.82) is 0 Å². The Labute approximate surface area is 134 Å². The highest BCUT2D eigenvalue weighted by Gasteiger charge is 2.26. The van der Waals surface area contributed by atoms with Gasteiger partial charge in [0.25, 0.3) is 0 Å². The van der Waals surface area contributed by atoms with E-state index in [0.29, 0.717) is 31.7 Å². The number of carbonyl (C=O) groups is 2. The van der Waals surface area contributed by atoms with Crippen molar-refractivity contribution in [3.8, 4) is 11.5 Å². The fourth-order valence-corrected chi connectivity index (χ4v) is 2.91. The number of primary amides is 1. The summed E-state index contributed by atoms with van der Waals surface area (Å²) in [6.45, 7) is 3.25. The standard InChI is InChI=1S/C16H21N3O4/c1-10(12-2-3-13-14(8-12)23-9-22-13)18-16(21)19-6-4-11(5-7-19)15(17)20/h2-3,8,10-11H,4-7,9H2,1H3,(H2,17,20)(H,18,21)/t10-/m0/s1. The van der Waals surface area contributed by atoms with E-state index in [1.165, 1.54) is 0 Å². The highest BCUT2D eigenvalue weighted by molar-refractivity contribution is 5.78. The molecule has 124 valence electrons. The smallest absolute Gasteiger partial charge is 0.317 e.